The van der Waals surface area contributed by atoms with Crippen LogP contribution >= 0.6 is 15.6 Å². The molecule has 0 aromatic carbocycles. The average Bonchev–Trinajstić information content (AvgIpc) is 2.75. The van der Waals surface area contributed by atoms with Gasteiger partial charge in [0.1, 0.15) is 18.3 Å². The van der Waals surface area contributed by atoms with E-state index in [2.05, 4.69) is 8.83 Å². The molecule has 0 amide bonds. The molecule has 1 aliphatic heterocycles. The van der Waals surface area contributed by atoms with Gasteiger partial charge in [0.05, 0.1) is 20.6 Å². The van der Waals surface area contributed by atoms with Gasteiger partial charge >= 0.3 is 94.4 Å². The van der Waals surface area contributed by atoms with Crippen LogP contribution < -0.4 is 115 Å². The standard InChI is InChI=1S/C9H13FN2O12P2.3Na/c10-3-1-12(9(16)11-7(3)15)8-6(14)5(13)4(23-8)2-22-26(20,21)24-25(17,18)19;;;/h1,4-6,8,13-14H,2H2,(H,20,21)(H,11,15,16)(H2,17,18,19);;;/q;3*+1/p-3/t4-,5-,6-,8-;;;/m1.../s1. The molecule has 0 aliphatic carbocycles. The second-order valence-corrected chi connectivity index (χ2v) is 7.66. The zero-order chi connectivity index (χ0) is 19.9. The first-order chi connectivity index (χ1) is 11.8. The van der Waals surface area contributed by atoms with Gasteiger partial charge in [0, 0.05) is 0 Å². The number of aromatic amines is 1. The third-order valence-electron chi connectivity index (χ3n) is 3.13. The molecule has 2 heterocycles. The van der Waals surface area contributed by atoms with Crippen molar-refractivity contribution in [3.05, 3.63) is 32.9 Å². The van der Waals surface area contributed by atoms with Crippen molar-refractivity contribution in [3.8, 4) is 0 Å². The predicted octanol–water partition coefficient (Wildman–Crippen LogP) is -13.4. The molecule has 1 saturated heterocycles. The van der Waals surface area contributed by atoms with Gasteiger partial charge in [0.2, 0.25) is 5.82 Å². The number of phosphoric acid groups is 2. The molecular weight excluding hydrogens is 478 g/mol. The number of hydrogen-bond acceptors (Lipinski definition) is 12. The van der Waals surface area contributed by atoms with E-state index in [1.54, 1.807) is 4.98 Å². The molecule has 0 saturated carbocycles. The Hall–Kier alpha value is 1.75. The normalized spacial score (nSPS) is 25.9. The number of H-pyrrole nitrogens is 1. The molecular formula is C9H10FN2Na3O12P2. The first-order valence-electron chi connectivity index (χ1n) is 6.52. The second-order valence-electron chi connectivity index (χ2n) is 4.96. The minimum absolute atomic E-state index is 0. The van der Waals surface area contributed by atoms with Crippen LogP contribution in [0.15, 0.2) is 15.8 Å². The Morgan fingerprint density at radius 3 is 2.24 bits per heavy atom. The topological polar surface area (TPSA) is 226 Å². The minimum atomic E-state index is -5.93. The SMILES string of the molecule is O=c1[nH]c(=O)n([C@@H]2O[C@H](COP(=O)([O-])OP(=O)([O-])[O-])[C@@H](O)[C@H]2O)cc1F.[Na+].[Na+].[Na+]. The number of rotatable bonds is 6. The van der Waals surface area contributed by atoms with Crippen molar-refractivity contribution in [2.75, 3.05) is 6.61 Å². The third kappa shape index (κ3) is 9.26. The largest absolute Gasteiger partial charge is 1.00 e. The molecule has 148 valence electrons. The number of aliphatic hydroxyl groups excluding tert-OH is 2. The molecule has 1 fully saturated rings. The van der Waals surface area contributed by atoms with Crippen molar-refractivity contribution in [2.45, 2.75) is 24.5 Å². The van der Waals surface area contributed by atoms with Gasteiger partial charge in [-0.2, -0.15) is 4.39 Å². The van der Waals surface area contributed by atoms with Crippen LogP contribution in [-0.2, 0) is 22.7 Å². The maximum atomic E-state index is 13.3. The van der Waals surface area contributed by atoms with Gasteiger partial charge in [-0.05, 0) is 0 Å². The Morgan fingerprint density at radius 1 is 1.17 bits per heavy atom. The number of phosphoric ester groups is 1. The van der Waals surface area contributed by atoms with Crippen LogP contribution in [-0.4, -0.2) is 44.7 Å². The molecule has 0 radical (unpaired) electrons. The predicted molar refractivity (Wildman–Crippen MR) is 69.5 cm³/mol. The Labute approximate surface area is 227 Å². The Balaban J connectivity index is 0. The summed E-state index contributed by atoms with van der Waals surface area (Å²) in [7, 11) is -11.5. The van der Waals surface area contributed by atoms with Gasteiger partial charge < -0.3 is 38.7 Å². The summed E-state index contributed by atoms with van der Waals surface area (Å²) in [5.74, 6) is -1.41. The maximum absolute atomic E-state index is 13.3. The minimum Gasteiger partial charge on any atom is -0.790 e. The summed E-state index contributed by atoms with van der Waals surface area (Å²) in [4.78, 5) is 55.9. The number of hydrogen-bond donors (Lipinski definition) is 3. The summed E-state index contributed by atoms with van der Waals surface area (Å²) in [6.45, 7) is -1.11. The first kappa shape index (κ1) is 32.9. The number of nitrogens with zero attached hydrogens (tertiary/aromatic N) is 1. The van der Waals surface area contributed by atoms with Crippen molar-refractivity contribution in [3.63, 3.8) is 0 Å². The second kappa shape index (κ2) is 12.8. The molecule has 1 aromatic heterocycles. The summed E-state index contributed by atoms with van der Waals surface area (Å²) in [6, 6.07) is 0. The van der Waals surface area contributed by atoms with Crippen molar-refractivity contribution in [2.24, 2.45) is 0 Å². The molecule has 14 nitrogen and oxygen atoms in total. The van der Waals surface area contributed by atoms with E-state index in [1.165, 1.54) is 0 Å². The van der Waals surface area contributed by atoms with Crippen molar-refractivity contribution in [1.29, 1.82) is 0 Å². The van der Waals surface area contributed by atoms with Gasteiger partial charge in [-0.3, -0.25) is 23.2 Å². The number of ether oxygens (including phenoxy) is 1. The van der Waals surface area contributed by atoms with E-state index in [0.717, 1.165) is 0 Å². The van der Waals surface area contributed by atoms with Gasteiger partial charge in [-0.15, -0.1) is 0 Å². The Bertz CT molecular complexity index is 892. The maximum Gasteiger partial charge on any atom is 1.00 e. The van der Waals surface area contributed by atoms with Crippen LogP contribution in [0.4, 0.5) is 4.39 Å². The zero-order valence-corrected chi connectivity index (χ0v) is 23.1. The summed E-state index contributed by atoms with van der Waals surface area (Å²) in [5.41, 5.74) is -2.55. The van der Waals surface area contributed by atoms with Crippen LogP contribution in [0.5, 0.6) is 0 Å². The fourth-order valence-corrected chi connectivity index (χ4v) is 3.56. The Kier molecular flexibility index (Phi) is 14.6. The summed E-state index contributed by atoms with van der Waals surface area (Å²) < 4.78 is 47.3. The number of aliphatic hydroxyl groups is 2. The van der Waals surface area contributed by atoms with Gasteiger partial charge in [0.15, 0.2) is 6.23 Å². The van der Waals surface area contributed by atoms with Crippen LogP contribution in [0.2, 0.25) is 0 Å². The van der Waals surface area contributed by atoms with E-state index in [-0.39, 0.29) is 88.7 Å². The summed E-state index contributed by atoms with van der Waals surface area (Å²) >= 11 is 0. The molecule has 1 aromatic rings. The molecule has 2 rings (SSSR count). The van der Waals surface area contributed by atoms with E-state index >= 15 is 0 Å². The average molecular weight is 488 g/mol. The van der Waals surface area contributed by atoms with Gasteiger partial charge in [-0.25, -0.2) is 4.79 Å². The molecule has 1 unspecified atom stereocenters. The first-order valence-corrected chi connectivity index (χ1v) is 9.44. The molecule has 5 atom stereocenters. The quantitative estimate of drug-likeness (QED) is 0.251. The number of nitrogens with one attached hydrogen (secondary N) is 1. The number of aromatic nitrogens is 2. The van der Waals surface area contributed by atoms with E-state index in [1.807, 2.05) is 0 Å². The monoisotopic (exact) mass is 488 g/mol. The number of halogens is 1. The fraction of sp³-hybridized carbons (Fsp3) is 0.556. The van der Waals surface area contributed by atoms with Gasteiger partial charge in [-0.1, -0.05) is 0 Å². The fourth-order valence-electron chi connectivity index (χ4n) is 2.06. The molecule has 20 heteroatoms. The van der Waals surface area contributed by atoms with Gasteiger partial charge in [0.25, 0.3) is 13.4 Å². The zero-order valence-electron chi connectivity index (χ0n) is 15.3. The van der Waals surface area contributed by atoms with Crippen molar-refractivity contribution < 1.29 is 141 Å². The molecule has 0 bridgehead atoms. The summed E-state index contributed by atoms with van der Waals surface area (Å²) in [5, 5.41) is 19.6. The van der Waals surface area contributed by atoms with Crippen molar-refractivity contribution >= 4 is 15.6 Å². The van der Waals surface area contributed by atoms with Crippen LogP contribution in [0.25, 0.3) is 0 Å². The third-order valence-corrected chi connectivity index (χ3v) is 5.20. The van der Waals surface area contributed by atoms with Crippen LogP contribution in [0.3, 0.4) is 0 Å². The molecule has 1 aliphatic rings. The Morgan fingerprint density at radius 2 is 1.72 bits per heavy atom. The molecule has 29 heavy (non-hydrogen) atoms. The van der Waals surface area contributed by atoms with E-state index < -0.39 is 63.9 Å². The summed E-state index contributed by atoms with van der Waals surface area (Å²) in [6.07, 6.45) is -6.76. The van der Waals surface area contributed by atoms with E-state index in [9.17, 15) is 48.0 Å². The van der Waals surface area contributed by atoms with Crippen molar-refractivity contribution in [1.82, 2.24) is 9.55 Å². The van der Waals surface area contributed by atoms with Crippen LogP contribution in [0.1, 0.15) is 6.23 Å². The van der Waals surface area contributed by atoms with E-state index in [4.69, 9.17) is 4.74 Å². The van der Waals surface area contributed by atoms with E-state index in [0.29, 0.717) is 10.8 Å². The van der Waals surface area contributed by atoms with Crippen LogP contribution in [0, 0.1) is 5.82 Å². The molecule has 0 spiro atoms. The molecule has 3 N–H and O–H groups in total. The smallest absolute Gasteiger partial charge is 0.790 e.